The lowest BCUT2D eigenvalue weighted by molar-refractivity contribution is 0.0551. The number of hydrogen-bond donors (Lipinski definition) is 2. The van der Waals surface area contributed by atoms with Crippen LogP contribution in [0.3, 0.4) is 0 Å². The molecule has 1 unspecified atom stereocenters. The quantitative estimate of drug-likeness (QED) is 0.846. The molecule has 0 spiro atoms. The first-order valence-electron chi connectivity index (χ1n) is 6.15. The molecule has 18 heavy (non-hydrogen) atoms. The Morgan fingerprint density at radius 2 is 2.11 bits per heavy atom. The molecule has 0 fully saturated rings. The predicted octanol–water partition coefficient (Wildman–Crippen LogP) is 3.27. The van der Waals surface area contributed by atoms with E-state index in [2.05, 4.69) is 34.2 Å². The fraction of sp³-hybridized carbons (Fsp3) is 0.571. The monoisotopic (exact) mass is 315 g/mol. The molecule has 3 nitrogen and oxygen atoms in total. The van der Waals surface area contributed by atoms with Gasteiger partial charge in [-0.05, 0) is 46.0 Å². The van der Waals surface area contributed by atoms with E-state index in [1.54, 1.807) is 13.8 Å². The van der Waals surface area contributed by atoms with Crippen molar-refractivity contribution >= 4 is 15.9 Å². The molecule has 0 saturated carbocycles. The highest BCUT2D eigenvalue weighted by atomic mass is 79.9. The van der Waals surface area contributed by atoms with Gasteiger partial charge in [0.25, 0.3) is 0 Å². The maximum absolute atomic E-state index is 9.66. The molecule has 0 bridgehead atoms. The van der Waals surface area contributed by atoms with Crippen molar-refractivity contribution in [2.45, 2.75) is 38.8 Å². The normalized spacial score (nSPS) is 13.4. The minimum Gasteiger partial charge on any atom is -0.493 e. The van der Waals surface area contributed by atoms with Crippen molar-refractivity contribution in [3.63, 3.8) is 0 Å². The Balaban J connectivity index is 2.75. The van der Waals surface area contributed by atoms with E-state index in [1.807, 2.05) is 19.2 Å². The topological polar surface area (TPSA) is 41.5 Å². The molecule has 0 aliphatic heterocycles. The van der Waals surface area contributed by atoms with Gasteiger partial charge in [-0.1, -0.05) is 15.9 Å². The van der Waals surface area contributed by atoms with E-state index in [9.17, 15) is 5.11 Å². The van der Waals surface area contributed by atoms with E-state index >= 15 is 0 Å². The van der Waals surface area contributed by atoms with Crippen LogP contribution in [0.2, 0.25) is 0 Å². The second-order valence-corrected chi connectivity index (χ2v) is 6.02. The summed E-state index contributed by atoms with van der Waals surface area (Å²) in [6.45, 7) is 6.17. The summed E-state index contributed by atoms with van der Waals surface area (Å²) >= 11 is 3.47. The lowest BCUT2D eigenvalue weighted by Gasteiger charge is -2.20. The van der Waals surface area contributed by atoms with Gasteiger partial charge in [-0.2, -0.15) is 0 Å². The average molecular weight is 316 g/mol. The predicted molar refractivity (Wildman–Crippen MR) is 78.0 cm³/mol. The number of hydrogen-bond acceptors (Lipinski definition) is 3. The molecule has 4 heteroatoms. The summed E-state index contributed by atoms with van der Waals surface area (Å²) in [4.78, 5) is 0. The molecule has 0 aromatic heterocycles. The number of aliphatic hydroxyl groups is 1. The molecular weight excluding hydrogens is 294 g/mol. The van der Waals surface area contributed by atoms with E-state index < -0.39 is 5.60 Å². The van der Waals surface area contributed by atoms with Crippen LogP contribution in [-0.2, 0) is 0 Å². The van der Waals surface area contributed by atoms with Crippen molar-refractivity contribution in [3.8, 4) is 5.75 Å². The SMILES string of the molecule is CNC(C)c1cc(Br)ccc1OCCC(C)(C)O. The Kier molecular flexibility index (Phi) is 5.63. The molecule has 1 aromatic carbocycles. The number of rotatable bonds is 6. The molecule has 102 valence electrons. The smallest absolute Gasteiger partial charge is 0.124 e. The molecule has 0 aliphatic carbocycles. The fourth-order valence-electron chi connectivity index (χ4n) is 1.56. The average Bonchev–Trinajstić information content (AvgIpc) is 2.28. The molecule has 0 radical (unpaired) electrons. The molecule has 2 N–H and O–H groups in total. The van der Waals surface area contributed by atoms with E-state index in [0.717, 1.165) is 15.8 Å². The van der Waals surface area contributed by atoms with Gasteiger partial charge < -0.3 is 15.2 Å². The summed E-state index contributed by atoms with van der Waals surface area (Å²) in [5.41, 5.74) is 0.423. The molecule has 1 rings (SSSR count). The van der Waals surface area contributed by atoms with Gasteiger partial charge in [0, 0.05) is 22.5 Å². The van der Waals surface area contributed by atoms with Crippen LogP contribution in [0.5, 0.6) is 5.75 Å². The van der Waals surface area contributed by atoms with Crippen LogP contribution in [-0.4, -0.2) is 24.4 Å². The van der Waals surface area contributed by atoms with Gasteiger partial charge in [-0.15, -0.1) is 0 Å². The van der Waals surface area contributed by atoms with Gasteiger partial charge in [0.1, 0.15) is 5.75 Å². The Morgan fingerprint density at radius 3 is 2.67 bits per heavy atom. The van der Waals surface area contributed by atoms with Gasteiger partial charge >= 0.3 is 0 Å². The van der Waals surface area contributed by atoms with E-state index in [1.165, 1.54) is 0 Å². The Hall–Kier alpha value is -0.580. The second-order valence-electron chi connectivity index (χ2n) is 5.10. The first kappa shape index (κ1) is 15.5. The molecule has 1 aromatic rings. The summed E-state index contributed by atoms with van der Waals surface area (Å²) in [5, 5.41) is 12.9. The van der Waals surface area contributed by atoms with Crippen LogP contribution >= 0.6 is 15.9 Å². The lowest BCUT2D eigenvalue weighted by Crippen LogP contribution is -2.22. The largest absolute Gasteiger partial charge is 0.493 e. The van der Waals surface area contributed by atoms with Gasteiger partial charge in [-0.3, -0.25) is 0 Å². The molecule has 1 atom stereocenters. The van der Waals surface area contributed by atoms with Gasteiger partial charge in [0.05, 0.1) is 12.2 Å². The van der Waals surface area contributed by atoms with Gasteiger partial charge in [0.15, 0.2) is 0 Å². The zero-order chi connectivity index (χ0) is 13.8. The van der Waals surface area contributed by atoms with Crippen LogP contribution in [0, 0.1) is 0 Å². The maximum Gasteiger partial charge on any atom is 0.124 e. The van der Waals surface area contributed by atoms with Crippen molar-refractivity contribution in [2.24, 2.45) is 0 Å². The Bertz CT molecular complexity index is 388. The minimum absolute atomic E-state index is 0.222. The molecule has 0 saturated heterocycles. The second kappa shape index (κ2) is 6.55. The lowest BCUT2D eigenvalue weighted by atomic mass is 10.1. The van der Waals surface area contributed by atoms with Crippen LogP contribution in [0.25, 0.3) is 0 Å². The van der Waals surface area contributed by atoms with E-state index in [-0.39, 0.29) is 6.04 Å². The highest BCUT2D eigenvalue weighted by Crippen LogP contribution is 2.28. The van der Waals surface area contributed by atoms with Crippen LogP contribution in [0.1, 0.15) is 38.8 Å². The Morgan fingerprint density at radius 1 is 1.44 bits per heavy atom. The van der Waals surface area contributed by atoms with Gasteiger partial charge in [-0.25, -0.2) is 0 Å². The third kappa shape index (κ3) is 4.96. The number of benzene rings is 1. The molecular formula is C14H22BrNO2. The van der Waals surface area contributed by atoms with Crippen molar-refractivity contribution < 1.29 is 9.84 Å². The summed E-state index contributed by atoms with van der Waals surface area (Å²) in [6.07, 6.45) is 0.608. The van der Waals surface area contributed by atoms with E-state index in [4.69, 9.17) is 4.74 Å². The molecule has 0 aliphatic rings. The molecule has 0 amide bonds. The number of nitrogens with one attached hydrogen (secondary N) is 1. The summed E-state index contributed by atoms with van der Waals surface area (Å²) in [6, 6.07) is 6.20. The van der Waals surface area contributed by atoms with Crippen molar-refractivity contribution in [1.29, 1.82) is 0 Å². The van der Waals surface area contributed by atoms with Gasteiger partial charge in [0.2, 0.25) is 0 Å². The fourth-order valence-corrected chi connectivity index (χ4v) is 1.93. The summed E-state index contributed by atoms with van der Waals surface area (Å²) < 4.78 is 6.81. The first-order valence-corrected chi connectivity index (χ1v) is 6.94. The van der Waals surface area contributed by atoms with Crippen molar-refractivity contribution in [3.05, 3.63) is 28.2 Å². The summed E-state index contributed by atoms with van der Waals surface area (Å²) in [5.74, 6) is 0.865. The maximum atomic E-state index is 9.66. The standard InChI is InChI=1S/C14H22BrNO2/c1-10(16-4)12-9-11(15)5-6-13(12)18-8-7-14(2,3)17/h5-6,9-10,16-17H,7-8H2,1-4H3. The van der Waals surface area contributed by atoms with Crippen LogP contribution in [0.15, 0.2) is 22.7 Å². The van der Waals surface area contributed by atoms with Crippen LogP contribution in [0.4, 0.5) is 0 Å². The number of ether oxygens (including phenoxy) is 1. The zero-order valence-corrected chi connectivity index (χ0v) is 13.0. The summed E-state index contributed by atoms with van der Waals surface area (Å²) in [7, 11) is 1.92. The van der Waals surface area contributed by atoms with E-state index in [0.29, 0.717) is 13.0 Å². The van der Waals surface area contributed by atoms with Crippen LogP contribution < -0.4 is 10.1 Å². The molecule has 0 heterocycles. The third-order valence-electron chi connectivity index (χ3n) is 2.84. The highest BCUT2D eigenvalue weighted by molar-refractivity contribution is 9.10. The van der Waals surface area contributed by atoms with Crippen molar-refractivity contribution in [1.82, 2.24) is 5.32 Å². The Labute approximate surface area is 118 Å². The highest BCUT2D eigenvalue weighted by Gasteiger charge is 2.14. The zero-order valence-electron chi connectivity index (χ0n) is 11.5. The van der Waals surface area contributed by atoms with Crippen molar-refractivity contribution in [2.75, 3.05) is 13.7 Å². The number of halogens is 1. The minimum atomic E-state index is -0.690. The first-order chi connectivity index (χ1) is 8.33. The third-order valence-corrected chi connectivity index (χ3v) is 3.34.